The van der Waals surface area contributed by atoms with Gasteiger partial charge in [-0.05, 0) is 68.1 Å². The predicted octanol–water partition coefficient (Wildman–Crippen LogP) is 6.16. The molecule has 50 heavy (non-hydrogen) atoms. The minimum Gasteiger partial charge on any atom is -0.330 e. The van der Waals surface area contributed by atoms with Crippen molar-refractivity contribution in [2.24, 2.45) is 12.8 Å². The minimum absolute atomic E-state index is 0.0918. The fourth-order valence-corrected chi connectivity index (χ4v) is 8.60. The van der Waals surface area contributed by atoms with Crippen LogP contribution in [0.15, 0.2) is 70.7 Å². The number of anilines is 4. The molecule has 0 bridgehead atoms. The molecule has 0 saturated heterocycles. The van der Waals surface area contributed by atoms with Gasteiger partial charge in [0.25, 0.3) is 5.56 Å². The number of hydrogen-bond acceptors (Lipinski definition) is 7. The van der Waals surface area contributed by atoms with Gasteiger partial charge in [-0.3, -0.25) is 17.9 Å². The number of nitrogens with zero attached hydrogens (tertiary/aromatic N) is 6. The van der Waals surface area contributed by atoms with Crippen LogP contribution in [0.1, 0.15) is 37.3 Å². The first kappa shape index (κ1) is 33.9. The average Bonchev–Trinajstić information content (AvgIpc) is 3.40. The minimum atomic E-state index is -1.39. The Balaban J connectivity index is 1.50. The summed E-state index contributed by atoms with van der Waals surface area (Å²) in [5, 5.41) is 0.688. The van der Waals surface area contributed by atoms with Gasteiger partial charge in [0.05, 0.1) is 36.3 Å². The smallest absolute Gasteiger partial charge is 0.275 e. The summed E-state index contributed by atoms with van der Waals surface area (Å²) in [6.45, 7) is 5.08. The lowest BCUT2D eigenvalue weighted by molar-refractivity contribution is -0.118. The Hall–Kier alpha value is -4.53. The summed E-state index contributed by atoms with van der Waals surface area (Å²) in [7, 11) is 0.301. The average molecular weight is 718 g/mol. The summed E-state index contributed by atoms with van der Waals surface area (Å²) in [5.74, 6) is -1.51. The van der Waals surface area contributed by atoms with E-state index in [4.69, 9.17) is 5.73 Å². The van der Waals surface area contributed by atoms with Crippen LogP contribution in [0.4, 0.5) is 31.7 Å². The molecular formula is C36H37F2N7O3S2. The molecular weight excluding hydrogens is 681 g/mol. The Morgan fingerprint density at radius 1 is 1.02 bits per heavy atom. The number of halogens is 2. The molecule has 7 rings (SSSR count). The van der Waals surface area contributed by atoms with Gasteiger partial charge in [0.15, 0.2) is 11.6 Å². The number of amides is 1. The predicted molar refractivity (Wildman–Crippen MR) is 196 cm³/mol. The summed E-state index contributed by atoms with van der Waals surface area (Å²) < 4.78 is 48.6. The van der Waals surface area contributed by atoms with Crippen molar-refractivity contribution in [1.29, 1.82) is 0 Å². The topological polar surface area (TPSA) is 110 Å². The third-order valence-electron chi connectivity index (χ3n) is 9.16. The van der Waals surface area contributed by atoms with E-state index >= 15 is 4.39 Å². The molecule has 3 aromatic heterocycles. The highest BCUT2D eigenvalue weighted by atomic mass is 32.2. The van der Waals surface area contributed by atoms with Crippen molar-refractivity contribution in [3.05, 3.63) is 94.2 Å². The van der Waals surface area contributed by atoms with Crippen molar-refractivity contribution >= 4 is 62.6 Å². The number of unbranched alkanes of at least 4 members (excludes halogenated alkanes) is 1. The molecule has 2 aliphatic rings. The van der Waals surface area contributed by atoms with Crippen LogP contribution in [0.5, 0.6) is 0 Å². The molecule has 0 saturated carbocycles. The highest BCUT2D eigenvalue weighted by molar-refractivity contribution is 7.98. The number of hydrogen-bond donors (Lipinski definition) is 1. The maximum Gasteiger partial charge on any atom is 0.275 e. The molecule has 2 aliphatic heterocycles. The summed E-state index contributed by atoms with van der Waals surface area (Å²) in [6, 6.07) is 12.5. The largest absolute Gasteiger partial charge is 0.330 e. The Morgan fingerprint density at radius 2 is 1.80 bits per heavy atom. The van der Waals surface area contributed by atoms with E-state index in [2.05, 4.69) is 4.98 Å². The van der Waals surface area contributed by atoms with Crippen molar-refractivity contribution in [1.82, 2.24) is 13.5 Å². The Morgan fingerprint density at radius 3 is 2.52 bits per heavy atom. The van der Waals surface area contributed by atoms with Crippen molar-refractivity contribution in [2.75, 3.05) is 39.5 Å². The molecule has 0 aliphatic carbocycles. The number of carbonyl (C=O) groups excluding carboxylic acids is 1. The maximum absolute atomic E-state index is 15.7. The molecule has 5 aromatic rings. The summed E-state index contributed by atoms with van der Waals surface area (Å²) in [6.07, 6.45) is 6.24. The van der Waals surface area contributed by atoms with E-state index in [1.807, 2.05) is 60.4 Å². The van der Waals surface area contributed by atoms with Gasteiger partial charge in [0.1, 0.15) is 22.3 Å². The second-order valence-corrected chi connectivity index (χ2v) is 15.2. The number of nitrogens with two attached hydrogens (primary N) is 1. The zero-order valence-corrected chi connectivity index (χ0v) is 29.6. The monoisotopic (exact) mass is 717 g/mol. The maximum atomic E-state index is 15.7. The normalized spacial score (nSPS) is 14.5. The zero-order chi connectivity index (χ0) is 35.3. The molecule has 10 nitrogen and oxygen atoms in total. The number of pyridine rings is 2. The van der Waals surface area contributed by atoms with Crippen LogP contribution in [0, 0.1) is 18.6 Å². The van der Waals surface area contributed by atoms with Gasteiger partial charge in [0, 0.05) is 65.6 Å². The second-order valence-electron chi connectivity index (χ2n) is 12.5. The van der Waals surface area contributed by atoms with E-state index < -0.39 is 22.6 Å². The van der Waals surface area contributed by atoms with E-state index in [1.165, 1.54) is 16.5 Å². The van der Waals surface area contributed by atoms with Gasteiger partial charge in [-0.2, -0.15) is 0 Å². The molecule has 0 radical (unpaired) electrons. The summed E-state index contributed by atoms with van der Waals surface area (Å²) >= 11 is 1.40. The molecule has 5 heterocycles. The van der Waals surface area contributed by atoms with Crippen LogP contribution in [0.2, 0.25) is 0 Å². The summed E-state index contributed by atoms with van der Waals surface area (Å²) in [4.78, 5) is 36.1. The lowest BCUT2D eigenvalue weighted by Gasteiger charge is -2.38. The molecule has 0 spiro atoms. The van der Waals surface area contributed by atoms with E-state index in [0.717, 1.165) is 28.3 Å². The summed E-state index contributed by atoms with van der Waals surface area (Å²) in [5.41, 5.74) is 10.8. The van der Waals surface area contributed by atoms with Crippen LogP contribution in [-0.2, 0) is 29.4 Å². The van der Waals surface area contributed by atoms with Crippen molar-refractivity contribution in [3.8, 4) is 11.1 Å². The lowest BCUT2D eigenvalue weighted by Crippen LogP contribution is -2.45. The molecule has 260 valence electrons. The number of rotatable bonds is 9. The van der Waals surface area contributed by atoms with Crippen LogP contribution in [-0.4, -0.2) is 49.0 Å². The van der Waals surface area contributed by atoms with Gasteiger partial charge >= 0.3 is 0 Å². The SMILES string of the molecule is CCS(=O)N1CCN(C(=O)CCCCN)c2cc3c(cc21)-c1cn(C)c(=O)c2c1c(cn2Sc1ccc(C)cc1)CN3c1ncc(F)cc1F. The number of carbonyl (C=O) groups is 1. The first-order valence-corrected chi connectivity index (χ1v) is 18.6. The third-order valence-corrected chi connectivity index (χ3v) is 11.5. The van der Waals surface area contributed by atoms with E-state index in [0.29, 0.717) is 77.3 Å². The Labute approximate surface area is 295 Å². The highest BCUT2D eigenvalue weighted by Crippen LogP contribution is 2.50. The Bertz CT molecular complexity index is 2220. The first-order chi connectivity index (χ1) is 24.1. The molecule has 1 atom stereocenters. The van der Waals surface area contributed by atoms with Crippen LogP contribution in [0.25, 0.3) is 22.0 Å². The first-order valence-electron chi connectivity index (χ1n) is 16.5. The van der Waals surface area contributed by atoms with Crippen molar-refractivity contribution in [3.63, 3.8) is 0 Å². The molecule has 2 N–H and O–H groups in total. The second kappa shape index (κ2) is 13.6. The molecule has 2 aromatic carbocycles. The van der Waals surface area contributed by atoms with E-state index in [9.17, 15) is 18.2 Å². The third kappa shape index (κ3) is 5.98. The molecule has 0 fully saturated rings. The fourth-order valence-electron chi connectivity index (χ4n) is 6.71. The van der Waals surface area contributed by atoms with Gasteiger partial charge in [-0.1, -0.05) is 24.6 Å². The number of benzene rings is 2. The lowest BCUT2D eigenvalue weighted by atomic mass is 9.98. The molecule has 1 amide bonds. The van der Waals surface area contributed by atoms with E-state index in [1.54, 1.807) is 27.3 Å². The Kier molecular flexibility index (Phi) is 9.26. The van der Waals surface area contributed by atoms with Crippen molar-refractivity contribution < 1.29 is 17.8 Å². The molecule has 1 unspecified atom stereocenters. The van der Waals surface area contributed by atoms with E-state index in [-0.39, 0.29) is 30.2 Å². The van der Waals surface area contributed by atoms with Gasteiger partial charge in [-0.25, -0.2) is 18.0 Å². The van der Waals surface area contributed by atoms with Crippen LogP contribution < -0.4 is 25.4 Å². The standard InChI is InChI=1S/C36H37F2N7O3S2/c1-4-50(48)45-14-13-42(32(46)7-5-6-12-39)30-17-29-26(16-31(30)45)27-21-41(3)36(47)34-33(27)23(19-43(29)35-28(38)15-24(37)18-40-35)20-44(34)49-25-10-8-22(2)9-11-25/h8-11,15-18,20-21H,4-7,12-14,19,39H2,1-3H3. The van der Waals surface area contributed by atoms with Gasteiger partial charge in [0.2, 0.25) is 5.91 Å². The van der Waals surface area contributed by atoms with Crippen LogP contribution >= 0.6 is 11.9 Å². The van der Waals surface area contributed by atoms with Gasteiger partial charge in [-0.15, -0.1) is 0 Å². The number of aromatic nitrogens is 3. The zero-order valence-electron chi connectivity index (χ0n) is 28.0. The number of fused-ring (bicyclic) bond motifs is 3. The quantitative estimate of drug-likeness (QED) is 0.182. The number of aryl methyl sites for hydroxylation is 2. The van der Waals surface area contributed by atoms with Crippen molar-refractivity contribution in [2.45, 2.75) is 44.6 Å². The molecule has 14 heteroatoms. The highest BCUT2D eigenvalue weighted by Gasteiger charge is 2.35. The van der Waals surface area contributed by atoms with Gasteiger partial charge < -0.3 is 20.1 Å². The van der Waals surface area contributed by atoms with Crippen LogP contribution in [0.3, 0.4) is 0 Å². The fraction of sp³-hybridized carbons (Fsp3) is 0.306.